The molecule has 0 radical (unpaired) electrons. The number of nitrogens with zero attached hydrogens (tertiary/aromatic N) is 1. The lowest BCUT2D eigenvalue weighted by molar-refractivity contribution is -0.141. The minimum atomic E-state index is -0.837. The summed E-state index contributed by atoms with van der Waals surface area (Å²) in [6, 6.07) is 17.7. The fourth-order valence-electron chi connectivity index (χ4n) is 4.03. The van der Waals surface area contributed by atoms with E-state index in [1.807, 2.05) is 60.8 Å². The standard InChI is InChI=1S/C22H22N2O3/c25-21(11-10-16-12-23-20-9-5-4-8-17(16)20)24-13-18(19(14-24)22(26)27)15-6-2-1-3-7-15/h1-9,12,18-19,23H,10-11,13-14H2,(H,26,27). The molecule has 0 bridgehead atoms. The number of nitrogens with one attached hydrogen (secondary N) is 1. The van der Waals surface area contributed by atoms with Crippen LogP contribution in [0.3, 0.4) is 0 Å². The molecule has 138 valence electrons. The predicted octanol–water partition coefficient (Wildman–Crippen LogP) is 3.43. The summed E-state index contributed by atoms with van der Waals surface area (Å²) in [5, 5.41) is 10.7. The van der Waals surface area contributed by atoms with Gasteiger partial charge in [0.2, 0.25) is 5.91 Å². The van der Waals surface area contributed by atoms with Crippen LogP contribution in [0.2, 0.25) is 0 Å². The van der Waals surface area contributed by atoms with E-state index in [0.717, 1.165) is 22.0 Å². The zero-order valence-corrected chi connectivity index (χ0v) is 15.0. The molecule has 4 rings (SSSR count). The highest BCUT2D eigenvalue weighted by Gasteiger charge is 2.40. The number of fused-ring (bicyclic) bond motifs is 1. The summed E-state index contributed by atoms with van der Waals surface area (Å²) in [6.45, 7) is 0.745. The first-order valence-corrected chi connectivity index (χ1v) is 9.24. The smallest absolute Gasteiger partial charge is 0.308 e. The number of aromatic nitrogens is 1. The summed E-state index contributed by atoms with van der Waals surface area (Å²) in [4.78, 5) is 29.4. The number of aryl methyl sites for hydroxylation is 1. The molecule has 1 aromatic heterocycles. The van der Waals surface area contributed by atoms with Crippen molar-refractivity contribution < 1.29 is 14.7 Å². The molecule has 1 aliphatic heterocycles. The fourth-order valence-corrected chi connectivity index (χ4v) is 4.03. The second-order valence-corrected chi connectivity index (χ2v) is 7.12. The van der Waals surface area contributed by atoms with Crippen LogP contribution in [-0.2, 0) is 16.0 Å². The van der Waals surface area contributed by atoms with E-state index in [1.54, 1.807) is 4.90 Å². The molecule has 2 heterocycles. The van der Waals surface area contributed by atoms with Crippen molar-refractivity contribution in [2.75, 3.05) is 13.1 Å². The molecule has 5 heteroatoms. The van der Waals surface area contributed by atoms with Gasteiger partial charge in [-0.1, -0.05) is 48.5 Å². The highest BCUT2D eigenvalue weighted by atomic mass is 16.4. The Morgan fingerprint density at radius 1 is 1.04 bits per heavy atom. The van der Waals surface area contributed by atoms with Gasteiger partial charge in [-0.3, -0.25) is 9.59 Å². The van der Waals surface area contributed by atoms with Crippen LogP contribution in [0.1, 0.15) is 23.5 Å². The van der Waals surface area contributed by atoms with E-state index in [9.17, 15) is 14.7 Å². The van der Waals surface area contributed by atoms with Crippen LogP contribution in [0.5, 0.6) is 0 Å². The summed E-state index contributed by atoms with van der Waals surface area (Å²) in [5.41, 5.74) is 3.17. The number of aliphatic carboxylic acids is 1. The van der Waals surface area contributed by atoms with Crippen LogP contribution < -0.4 is 0 Å². The highest BCUT2D eigenvalue weighted by Crippen LogP contribution is 2.33. The molecule has 2 atom stereocenters. The van der Waals surface area contributed by atoms with Gasteiger partial charge in [-0.15, -0.1) is 0 Å². The van der Waals surface area contributed by atoms with Crippen LogP contribution in [0, 0.1) is 5.92 Å². The number of para-hydroxylation sites is 1. The quantitative estimate of drug-likeness (QED) is 0.730. The molecule has 2 N–H and O–H groups in total. The van der Waals surface area contributed by atoms with Gasteiger partial charge in [0.1, 0.15) is 0 Å². The summed E-state index contributed by atoms with van der Waals surface area (Å²) in [6.07, 6.45) is 2.98. The first-order valence-electron chi connectivity index (χ1n) is 9.24. The SMILES string of the molecule is O=C(O)C1CN(C(=O)CCc2c[nH]c3ccccc23)CC1c1ccccc1. The van der Waals surface area contributed by atoms with E-state index in [2.05, 4.69) is 4.98 Å². The zero-order chi connectivity index (χ0) is 18.8. The number of likely N-dealkylation sites (tertiary alicyclic amines) is 1. The first kappa shape index (κ1) is 17.3. The van der Waals surface area contributed by atoms with Crippen molar-refractivity contribution >= 4 is 22.8 Å². The molecule has 2 aromatic carbocycles. The van der Waals surface area contributed by atoms with E-state index in [4.69, 9.17) is 0 Å². The molecule has 1 aliphatic rings. The van der Waals surface area contributed by atoms with Gasteiger partial charge in [0, 0.05) is 42.5 Å². The third-order valence-electron chi connectivity index (χ3n) is 5.50. The second kappa shape index (κ2) is 7.27. The van der Waals surface area contributed by atoms with Crippen molar-refractivity contribution in [2.45, 2.75) is 18.8 Å². The number of carbonyl (C=O) groups is 2. The van der Waals surface area contributed by atoms with Crippen molar-refractivity contribution in [1.82, 2.24) is 9.88 Å². The third kappa shape index (κ3) is 3.45. The maximum Gasteiger partial charge on any atom is 0.308 e. The van der Waals surface area contributed by atoms with E-state index in [-0.39, 0.29) is 18.4 Å². The van der Waals surface area contributed by atoms with Crippen LogP contribution in [0.25, 0.3) is 10.9 Å². The molecule has 1 amide bonds. The number of carboxylic acid groups (broad SMARTS) is 1. The van der Waals surface area contributed by atoms with Crippen LogP contribution in [0.4, 0.5) is 0 Å². The van der Waals surface area contributed by atoms with E-state index in [1.165, 1.54) is 0 Å². The Labute approximate surface area is 157 Å². The Bertz CT molecular complexity index is 964. The number of benzene rings is 2. The molecule has 1 saturated heterocycles. The number of aromatic amines is 1. The van der Waals surface area contributed by atoms with Crippen molar-refractivity contribution in [2.24, 2.45) is 5.92 Å². The molecule has 0 aliphatic carbocycles. The second-order valence-electron chi connectivity index (χ2n) is 7.12. The number of hydrogen-bond donors (Lipinski definition) is 2. The highest BCUT2D eigenvalue weighted by molar-refractivity contribution is 5.84. The number of carboxylic acids is 1. The van der Waals surface area contributed by atoms with Gasteiger partial charge in [0.05, 0.1) is 5.92 Å². The predicted molar refractivity (Wildman–Crippen MR) is 104 cm³/mol. The summed E-state index contributed by atoms with van der Waals surface area (Å²) in [5.74, 6) is -1.52. The molecule has 3 aromatic rings. The molecule has 0 saturated carbocycles. The number of rotatable bonds is 5. The minimum absolute atomic E-state index is 0.0185. The van der Waals surface area contributed by atoms with E-state index >= 15 is 0 Å². The van der Waals surface area contributed by atoms with Crippen molar-refractivity contribution in [1.29, 1.82) is 0 Å². The molecular weight excluding hydrogens is 340 g/mol. The van der Waals surface area contributed by atoms with Gasteiger partial charge in [0.15, 0.2) is 0 Å². The van der Waals surface area contributed by atoms with Gasteiger partial charge in [-0.2, -0.15) is 0 Å². The lowest BCUT2D eigenvalue weighted by Gasteiger charge is -2.16. The van der Waals surface area contributed by atoms with Gasteiger partial charge < -0.3 is 15.0 Å². The Balaban J connectivity index is 1.45. The molecule has 2 unspecified atom stereocenters. The number of amides is 1. The molecule has 0 spiro atoms. The Hall–Kier alpha value is -3.08. The largest absolute Gasteiger partial charge is 0.481 e. The Morgan fingerprint density at radius 3 is 2.56 bits per heavy atom. The fraction of sp³-hybridized carbons (Fsp3) is 0.273. The average molecular weight is 362 g/mol. The number of carbonyl (C=O) groups excluding carboxylic acids is 1. The van der Waals surface area contributed by atoms with E-state index < -0.39 is 11.9 Å². The van der Waals surface area contributed by atoms with Crippen molar-refractivity contribution in [3.05, 3.63) is 71.9 Å². The average Bonchev–Trinajstić information content (AvgIpc) is 3.32. The maximum atomic E-state index is 12.7. The van der Waals surface area contributed by atoms with Crippen LogP contribution in [0.15, 0.2) is 60.8 Å². The van der Waals surface area contributed by atoms with Gasteiger partial charge in [0.25, 0.3) is 0 Å². The summed E-state index contributed by atoms with van der Waals surface area (Å²) in [7, 11) is 0. The molecule has 5 nitrogen and oxygen atoms in total. The number of H-pyrrole nitrogens is 1. The normalized spacial score (nSPS) is 19.5. The maximum absolute atomic E-state index is 12.7. The molecule has 27 heavy (non-hydrogen) atoms. The molecule has 1 fully saturated rings. The van der Waals surface area contributed by atoms with Crippen LogP contribution >= 0.6 is 0 Å². The minimum Gasteiger partial charge on any atom is -0.481 e. The molecular formula is C22H22N2O3. The Kier molecular flexibility index (Phi) is 4.67. The van der Waals surface area contributed by atoms with E-state index in [0.29, 0.717) is 19.4 Å². The summed E-state index contributed by atoms with van der Waals surface area (Å²) >= 11 is 0. The summed E-state index contributed by atoms with van der Waals surface area (Å²) < 4.78 is 0. The van der Waals surface area contributed by atoms with Crippen molar-refractivity contribution in [3.63, 3.8) is 0 Å². The van der Waals surface area contributed by atoms with Gasteiger partial charge >= 0.3 is 5.97 Å². The zero-order valence-electron chi connectivity index (χ0n) is 15.0. The third-order valence-corrected chi connectivity index (χ3v) is 5.50. The lowest BCUT2D eigenvalue weighted by Crippen LogP contribution is -2.30. The van der Waals surface area contributed by atoms with Crippen molar-refractivity contribution in [3.8, 4) is 0 Å². The van der Waals surface area contributed by atoms with Gasteiger partial charge in [-0.25, -0.2) is 0 Å². The Morgan fingerprint density at radius 2 is 1.78 bits per heavy atom. The van der Waals surface area contributed by atoms with Crippen LogP contribution in [-0.4, -0.2) is 40.0 Å². The van der Waals surface area contributed by atoms with Gasteiger partial charge in [-0.05, 0) is 23.6 Å². The lowest BCUT2D eigenvalue weighted by atomic mass is 9.89. The monoisotopic (exact) mass is 362 g/mol. The number of hydrogen-bond acceptors (Lipinski definition) is 2. The first-order chi connectivity index (χ1) is 13.1. The topological polar surface area (TPSA) is 73.4 Å².